The molecule has 0 amide bonds. The lowest BCUT2D eigenvalue weighted by molar-refractivity contribution is 0.235. The Morgan fingerprint density at radius 2 is 2.17 bits per heavy atom. The Bertz CT molecular complexity index is 320. The van der Waals surface area contributed by atoms with Crippen LogP contribution in [0.4, 0.5) is 0 Å². The van der Waals surface area contributed by atoms with Gasteiger partial charge in [-0.15, -0.1) is 0 Å². The van der Waals surface area contributed by atoms with Gasteiger partial charge in [-0.05, 0) is 63.5 Å². The number of pyridine rings is 1. The first kappa shape index (κ1) is 13.5. The van der Waals surface area contributed by atoms with Crippen LogP contribution in [-0.2, 0) is 6.54 Å². The van der Waals surface area contributed by atoms with Crippen LogP contribution in [0.1, 0.15) is 31.9 Å². The van der Waals surface area contributed by atoms with Crippen LogP contribution in [0, 0.1) is 5.92 Å². The van der Waals surface area contributed by atoms with Gasteiger partial charge in [0.15, 0.2) is 0 Å². The fraction of sp³-hybridized carbons (Fsp3) is 0.667. The van der Waals surface area contributed by atoms with Crippen molar-refractivity contribution < 1.29 is 0 Å². The van der Waals surface area contributed by atoms with Crippen LogP contribution in [0.2, 0.25) is 0 Å². The van der Waals surface area contributed by atoms with Crippen molar-refractivity contribution in [1.82, 2.24) is 15.2 Å². The number of piperidine rings is 1. The fourth-order valence-corrected chi connectivity index (χ4v) is 2.61. The van der Waals surface area contributed by atoms with Crippen LogP contribution in [0.3, 0.4) is 0 Å². The molecule has 0 aromatic carbocycles. The van der Waals surface area contributed by atoms with Crippen molar-refractivity contribution in [2.24, 2.45) is 5.92 Å². The minimum Gasteiger partial charge on any atom is -0.317 e. The molecule has 1 aromatic rings. The van der Waals surface area contributed by atoms with E-state index in [0.29, 0.717) is 0 Å². The predicted molar refractivity (Wildman–Crippen MR) is 75.4 cm³/mol. The highest BCUT2D eigenvalue weighted by Gasteiger charge is 2.14. The summed E-state index contributed by atoms with van der Waals surface area (Å²) in [6, 6.07) is 6.17. The van der Waals surface area contributed by atoms with Crippen molar-refractivity contribution in [3.05, 3.63) is 30.1 Å². The molecule has 0 bridgehead atoms. The molecule has 0 unspecified atom stereocenters. The molecular formula is C15H25N3. The van der Waals surface area contributed by atoms with Crippen LogP contribution < -0.4 is 5.32 Å². The number of hydrogen-bond donors (Lipinski definition) is 1. The molecule has 3 nitrogen and oxygen atoms in total. The van der Waals surface area contributed by atoms with Gasteiger partial charge in [0.05, 0.1) is 5.69 Å². The van der Waals surface area contributed by atoms with Crippen molar-refractivity contribution >= 4 is 0 Å². The third-order valence-electron chi connectivity index (χ3n) is 3.87. The lowest BCUT2D eigenvalue weighted by Crippen LogP contribution is -2.31. The zero-order valence-electron chi connectivity index (χ0n) is 11.4. The molecule has 18 heavy (non-hydrogen) atoms. The second-order valence-corrected chi connectivity index (χ2v) is 5.17. The number of aromatic nitrogens is 1. The molecule has 1 aliphatic heterocycles. The number of nitrogens with zero attached hydrogens (tertiary/aromatic N) is 2. The molecule has 0 saturated carbocycles. The topological polar surface area (TPSA) is 28.2 Å². The van der Waals surface area contributed by atoms with Gasteiger partial charge in [0, 0.05) is 12.7 Å². The Labute approximate surface area is 111 Å². The summed E-state index contributed by atoms with van der Waals surface area (Å²) in [5.74, 6) is 0.920. The summed E-state index contributed by atoms with van der Waals surface area (Å²) in [5, 5.41) is 3.43. The van der Waals surface area contributed by atoms with Gasteiger partial charge in [-0.1, -0.05) is 13.0 Å². The molecule has 1 aromatic heterocycles. The van der Waals surface area contributed by atoms with Crippen LogP contribution >= 0.6 is 0 Å². The van der Waals surface area contributed by atoms with Gasteiger partial charge in [-0.25, -0.2) is 0 Å². The average Bonchev–Trinajstić information content (AvgIpc) is 2.45. The van der Waals surface area contributed by atoms with E-state index in [9.17, 15) is 0 Å². The predicted octanol–water partition coefficient (Wildman–Crippen LogP) is 2.29. The summed E-state index contributed by atoms with van der Waals surface area (Å²) in [6.45, 7) is 7.96. The van der Waals surface area contributed by atoms with Crippen LogP contribution in [0.5, 0.6) is 0 Å². The quantitative estimate of drug-likeness (QED) is 0.836. The van der Waals surface area contributed by atoms with E-state index in [2.05, 4.69) is 34.3 Å². The maximum Gasteiger partial charge on any atom is 0.0543 e. The van der Waals surface area contributed by atoms with Crippen LogP contribution in [0.25, 0.3) is 0 Å². The van der Waals surface area contributed by atoms with Crippen molar-refractivity contribution in [3.8, 4) is 0 Å². The van der Waals surface area contributed by atoms with Crippen molar-refractivity contribution in [2.75, 3.05) is 26.2 Å². The fourth-order valence-electron chi connectivity index (χ4n) is 2.61. The Kier molecular flexibility index (Phi) is 5.62. The van der Waals surface area contributed by atoms with Crippen molar-refractivity contribution in [3.63, 3.8) is 0 Å². The molecule has 0 aliphatic carbocycles. The Morgan fingerprint density at radius 3 is 2.83 bits per heavy atom. The summed E-state index contributed by atoms with van der Waals surface area (Å²) in [4.78, 5) is 6.91. The lowest BCUT2D eigenvalue weighted by atomic mass is 9.94. The Hall–Kier alpha value is -0.930. The van der Waals surface area contributed by atoms with E-state index in [1.165, 1.54) is 44.6 Å². The summed E-state index contributed by atoms with van der Waals surface area (Å²) in [7, 11) is 0. The number of nitrogens with one attached hydrogen (secondary N) is 1. The third-order valence-corrected chi connectivity index (χ3v) is 3.87. The first-order valence-corrected chi connectivity index (χ1v) is 7.21. The molecule has 1 N–H and O–H groups in total. The molecule has 0 atom stereocenters. The highest BCUT2D eigenvalue weighted by molar-refractivity contribution is 5.03. The van der Waals surface area contributed by atoms with Crippen molar-refractivity contribution in [2.45, 2.75) is 32.7 Å². The molecule has 0 spiro atoms. The minimum atomic E-state index is 0.920. The zero-order valence-corrected chi connectivity index (χ0v) is 11.4. The first-order chi connectivity index (χ1) is 8.88. The number of hydrogen-bond acceptors (Lipinski definition) is 3. The van der Waals surface area contributed by atoms with E-state index in [0.717, 1.165) is 19.0 Å². The van der Waals surface area contributed by atoms with E-state index < -0.39 is 0 Å². The molecule has 100 valence electrons. The molecule has 1 fully saturated rings. The normalized spacial score (nSPS) is 17.2. The molecule has 2 rings (SSSR count). The first-order valence-electron chi connectivity index (χ1n) is 7.21. The largest absolute Gasteiger partial charge is 0.317 e. The van der Waals surface area contributed by atoms with E-state index >= 15 is 0 Å². The summed E-state index contributed by atoms with van der Waals surface area (Å²) in [5.41, 5.74) is 1.18. The molecule has 0 radical (unpaired) electrons. The second kappa shape index (κ2) is 7.49. The molecule has 3 heteroatoms. The highest BCUT2D eigenvalue weighted by atomic mass is 15.1. The maximum atomic E-state index is 4.41. The van der Waals surface area contributed by atoms with Gasteiger partial charge < -0.3 is 5.32 Å². The highest BCUT2D eigenvalue weighted by Crippen LogP contribution is 2.16. The second-order valence-electron chi connectivity index (χ2n) is 5.17. The minimum absolute atomic E-state index is 0.920. The van der Waals surface area contributed by atoms with Gasteiger partial charge in [0.2, 0.25) is 0 Å². The smallest absolute Gasteiger partial charge is 0.0543 e. The Balaban J connectivity index is 1.75. The molecular weight excluding hydrogens is 222 g/mol. The molecule has 2 heterocycles. The molecule has 1 saturated heterocycles. The van der Waals surface area contributed by atoms with Gasteiger partial charge in [0.25, 0.3) is 0 Å². The van der Waals surface area contributed by atoms with Crippen LogP contribution in [0.15, 0.2) is 24.4 Å². The van der Waals surface area contributed by atoms with Crippen LogP contribution in [-0.4, -0.2) is 36.1 Å². The maximum absolute atomic E-state index is 4.41. The summed E-state index contributed by atoms with van der Waals surface area (Å²) < 4.78 is 0. The van der Waals surface area contributed by atoms with E-state index in [1.807, 2.05) is 12.3 Å². The SMILES string of the molecule is CCN(CCC1CCNCC1)Cc1ccccn1. The van der Waals surface area contributed by atoms with Crippen molar-refractivity contribution in [1.29, 1.82) is 0 Å². The summed E-state index contributed by atoms with van der Waals surface area (Å²) in [6.07, 6.45) is 5.92. The third kappa shape index (κ3) is 4.39. The Morgan fingerprint density at radius 1 is 1.33 bits per heavy atom. The van der Waals surface area contributed by atoms with Gasteiger partial charge >= 0.3 is 0 Å². The lowest BCUT2D eigenvalue weighted by Gasteiger charge is -2.26. The average molecular weight is 247 g/mol. The van der Waals surface area contributed by atoms with E-state index in [1.54, 1.807) is 0 Å². The van der Waals surface area contributed by atoms with E-state index in [-0.39, 0.29) is 0 Å². The summed E-state index contributed by atoms with van der Waals surface area (Å²) >= 11 is 0. The van der Waals surface area contributed by atoms with Gasteiger partial charge in [-0.2, -0.15) is 0 Å². The molecule has 1 aliphatic rings. The standard InChI is InChI=1S/C15H25N3/c1-2-18(13-15-5-3-4-9-17-15)12-8-14-6-10-16-11-7-14/h3-5,9,14,16H,2,6-8,10-13H2,1H3. The monoisotopic (exact) mass is 247 g/mol. The van der Waals surface area contributed by atoms with E-state index in [4.69, 9.17) is 0 Å². The van der Waals surface area contributed by atoms with Gasteiger partial charge in [0.1, 0.15) is 0 Å². The van der Waals surface area contributed by atoms with Gasteiger partial charge in [-0.3, -0.25) is 9.88 Å². The number of rotatable bonds is 6. The zero-order chi connectivity index (χ0) is 12.6.